The normalized spacial score (nSPS) is 12.4. The molecular weight excluding hydrogens is 653 g/mol. The SMILES string of the molecule is CCCCCCc1ccc2cc(/C=C/c3cc4cc5cc6cc7sc(/C=C/c8ccc9cc(C)ccc9c8)cc7cc6cc5cc4s3)ccc2c1. The van der Waals surface area contributed by atoms with Crippen LogP contribution >= 0.6 is 22.7 Å². The lowest BCUT2D eigenvalue weighted by molar-refractivity contribution is 0.667. The average molecular weight is 693 g/mol. The maximum absolute atomic E-state index is 2.38. The zero-order valence-electron chi connectivity index (χ0n) is 29.2. The Morgan fingerprint density at radius 2 is 0.922 bits per heavy atom. The van der Waals surface area contributed by atoms with Crippen LogP contribution in [-0.2, 0) is 6.42 Å². The molecule has 2 aromatic heterocycles. The molecule has 0 atom stereocenters. The highest BCUT2D eigenvalue weighted by molar-refractivity contribution is 7.20. The summed E-state index contributed by atoms with van der Waals surface area (Å²) >= 11 is 3.74. The van der Waals surface area contributed by atoms with E-state index in [-0.39, 0.29) is 0 Å². The highest BCUT2D eigenvalue weighted by atomic mass is 32.1. The van der Waals surface area contributed by atoms with Gasteiger partial charge in [0.2, 0.25) is 0 Å². The molecule has 0 unspecified atom stereocenters. The second-order valence-corrected chi connectivity index (χ2v) is 16.4. The van der Waals surface area contributed by atoms with Gasteiger partial charge in [-0.1, -0.05) is 105 Å². The first-order valence-corrected chi connectivity index (χ1v) is 19.9. The van der Waals surface area contributed by atoms with Gasteiger partial charge >= 0.3 is 0 Å². The van der Waals surface area contributed by atoms with Gasteiger partial charge in [0, 0.05) is 19.2 Å². The quantitative estimate of drug-likeness (QED) is 0.104. The summed E-state index contributed by atoms with van der Waals surface area (Å²) in [4.78, 5) is 2.56. The molecule has 0 aliphatic carbocycles. The van der Waals surface area contributed by atoms with Crippen molar-refractivity contribution in [2.75, 3.05) is 0 Å². The molecule has 0 fully saturated rings. The average Bonchev–Trinajstić information content (AvgIpc) is 3.74. The summed E-state index contributed by atoms with van der Waals surface area (Å²) in [5.41, 5.74) is 5.23. The van der Waals surface area contributed by atoms with E-state index in [2.05, 4.69) is 159 Å². The molecule has 0 amide bonds. The maximum Gasteiger partial charge on any atom is 0.0355 e. The standard InChI is InChI=1S/C49H40S2/c1-3-4-5-6-7-33-9-16-39-23-35(11-17-38(39)21-33)13-19-47-29-45-27-41-25-42-30-48-44(26-40(42)24-43(41)31-49(45)51-47)28-46(50-48)18-12-34-10-15-36-20-32(2)8-14-37(36)22-34/h8-31H,3-7H2,1-2H3/b18-12+,19-13+. The van der Waals surface area contributed by atoms with Gasteiger partial charge in [-0.2, -0.15) is 0 Å². The first-order valence-electron chi connectivity index (χ1n) is 18.3. The Bertz CT molecular complexity index is 2710. The zero-order chi connectivity index (χ0) is 34.3. The van der Waals surface area contributed by atoms with Gasteiger partial charge in [0.15, 0.2) is 0 Å². The maximum atomic E-state index is 2.38. The molecule has 0 aliphatic rings. The Hall–Kier alpha value is -5.02. The number of hydrogen-bond donors (Lipinski definition) is 0. The van der Waals surface area contributed by atoms with Gasteiger partial charge in [0.05, 0.1) is 0 Å². The predicted molar refractivity (Wildman–Crippen MR) is 231 cm³/mol. The largest absolute Gasteiger partial charge is 0.136 e. The van der Waals surface area contributed by atoms with Crippen molar-refractivity contribution in [2.24, 2.45) is 0 Å². The van der Waals surface area contributed by atoms with Gasteiger partial charge in [-0.15, -0.1) is 22.7 Å². The van der Waals surface area contributed by atoms with Crippen LogP contribution in [0.5, 0.6) is 0 Å². The summed E-state index contributed by atoms with van der Waals surface area (Å²) in [5.74, 6) is 0. The van der Waals surface area contributed by atoms with Crippen molar-refractivity contribution >= 4 is 110 Å². The van der Waals surface area contributed by atoms with Gasteiger partial charge in [0.1, 0.15) is 0 Å². The van der Waals surface area contributed by atoms with Crippen molar-refractivity contribution in [1.29, 1.82) is 0 Å². The topological polar surface area (TPSA) is 0 Å². The van der Waals surface area contributed by atoms with E-state index in [0.717, 1.165) is 0 Å². The molecule has 0 radical (unpaired) electrons. The Morgan fingerprint density at radius 3 is 1.53 bits per heavy atom. The number of benzene rings is 7. The van der Waals surface area contributed by atoms with E-state index in [1.165, 1.54) is 127 Å². The van der Waals surface area contributed by atoms with E-state index in [0.29, 0.717) is 0 Å². The van der Waals surface area contributed by atoms with Crippen LogP contribution in [0.15, 0.2) is 121 Å². The van der Waals surface area contributed by atoms with Gasteiger partial charge < -0.3 is 0 Å². The molecule has 0 N–H and O–H groups in total. The summed E-state index contributed by atoms with van der Waals surface area (Å²) in [7, 11) is 0. The third kappa shape index (κ3) is 6.75. The van der Waals surface area contributed by atoms with E-state index in [9.17, 15) is 0 Å². The van der Waals surface area contributed by atoms with Gasteiger partial charge in [-0.25, -0.2) is 0 Å². The fourth-order valence-corrected chi connectivity index (χ4v) is 9.45. The van der Waals surface area contributed by atoms with Gasteiger partial charge in [-0.05, 0) is 163 Å². The minimum Gasteiger partial charge on any atom is -0.136 e. The lowest BCUT2D eigenvalue weighted by Gasteiger charge is -2.05. The monoisotopic (exact) mass is 692 g/mol. The number of hydrogen-bond acceptors (Lipinski definition) is 2. The van der Waals surface area contributed by atoms with Crippen molar-refractivity contribution in [2.45, 2.75) is 46.0 Å². The number of aryl methyl sites for hydroxylation is 2. The van der Waals surface area contributed by atoms with Crippen molar-refractivity contribution in [1.82, 2.24) is 0 Å². The van der Waals surface area contributed by atoms with Crippen molar-refractivity contribution in [3.05, 3.63) is 153 Å². The second kappa shape index (κ2) is 13.6. The van der Waals surface area contributed by atoms with Crippen molar-refractivity contribution in [3.63, 3.8) is 0 Å². The third-order valence-electron chi connectivity index (χ3n) is 10.3. The highest BCUT2D eigenvalue weighted by Crippen LogP contribution is 2.36. The summed E-state index contributed by atoms with van der Waals surface area (Å²) < 4.78 is 2.66. The molecule has 0 saturated carbocycles. The number of fused-ring (bicyclic) bond motifs is 6. The van der Waals surface area contributed by atoms with Crippen LogP contribution in [0.2, 0.25) is 0 Å². The number of thiophene rings is 2. The van der Waals surface area contributed by atoms with Crippen LogP contribution in [0, 0.1) is 6.92 Å². The molecule has 2 heterocycles. The molecule has 0 bridgehead atoms. The highest BCUT2D eigenvalue weighted by Gasteiger charge is 2.08. The first-order chi connectivity index (χ1) is 25.0. The molecule has 9 rings (SSSR count). The molecular formula is C49H40S2. The summed E-state index contributed by atoms with van der Waals surface area (Å²) in [6.45, 7) is 4.42. The summed E-state index contributed by atoms with van der Waals surface area (Å²) in [6, 6.07) is 46.1. The van der Waals surface area contributed by atoms with E-state index in [4.69, 9.17) is 0 Å². The van der Waals surface area contributed by atoms with E-state index < -0.39 is 0 Å². The fraction of sp³-hybridized carbons (Fsp3) is 0.143. The molecule has 248 valence electrons. The number of unbranched alkanes of at least 4 members (excludes halogenated alkanes) is 3. The van der Waals surface area contributed by atoms with Crippen LogP contribution in [0.25, 0.3) is 87.6 Å². The zero-order valence-corrected chi connectivity index (χ0v) is 30.8. The number of rotatable bonds is 9. The van der Waals surface area contributed by atoms with Crippen molar-refractivity contribution < 1.29 is 0 Å². The lowest BCUT2D eigenvalue weighted by atomic mass is 10.0. The van der Waals surface area contributed by atoms with Crippen LogP contribution in [0.1, 0.15) is 64.6 Å². The molecule has 7 aromatic carbocycles. The van der Waals surface area contributed by atoms with Gasteiger partial charge in [-0.3, -0.25) is 0 Å². The van der Waals surface area contributed by atoms with Crippen LogP contribution in [-0.4, -0.2) is 0 Å². The fourth-order valence-electron chi connectivity index (χ4n) is 7.45. The molecule has 51 heavy (non-hydrogen) atoms. The molecule has 0 saturated heterocycles. The Kier molecular flexibility index (Phi) is 8.51. The van der Waals surface area contributed by atoms with E-state index in [1.807, 2.05) is 22.7 Å². The second-order valence-electron chi connectivity index (χ2n) is 14.2. The Balaban J connectivity index is 0.948. The molecule has 0 nitrogen and oxygen atoms in total. The molecule has 0 spiro atoms. The Morgan fingerprint density at radius 1 is 0.412 bits per heavy atom. The van der Waals surface area contributed by atoms with Crippen LogP contribution in [0.4, 0.5) is 0 Å². The summed E-state index contributed by atoms with van der Waals surface area (Å²) in [6.07, 6.45) is 15.4. The third-order valence-corrected chi connectivity index (χ3v) is 12.4. The lowest BCUT2D eigenvalue weighted by Crippen LogP contribution is -1.86. The van der Waals surface area contributed by atoms with E-state index in [1.54, 1.807) is 0 Å². The predicted octanol–water partition coefficient (Wildman–Crippen LogP) is 15.5. The molecule has 9 aromatic rings. The molecule has 2 heteroatoms. The van der Waals surface area contributed by atoms with Crippen LogP contribution < -0.4 is 0 Å². The van der Waals surface area contributed by atoms with Gasteiger partial charge in [0.25, 0.3) is 0 Å². The minimum atomic E-state index is 1.18. The van der Waals surface area contributed by atoms with Crippen LogP contribution in [0.3, 0.4) is 0 Å². The minimum absolute atomic E-state index is 1.18. The summed E-state index contributed by atoms with van der Waals surface area (Å²) in [5, 5.41) is 13.0. The Labute approximate surface area is 308 Å². The van der Waals surface area contributed by atoms with Crippen molar-refractivity contribution in [3.8, 4) is 0 Å². The smallest absolute Gasteiger partial charge is 0.0355 e. The molecule has 0 aliphatic heterocycles. The van der Waals surface area contributed by atoms with E-state index >= 15 is 0 Å². The first kappa shape index (κ1) is 31.9.